The van der Waals surface area contributed by atoms with E-state index >= 15 is 0 Å². The Hall–Kier alpha value is -0.320. The Morgan fingerprint density at radius 2 is 2.27 bits per heavy atom. The van der Waals surface area contributed by atoms with Crippen LogP contribution in [0, 0.1) is 0 Å². The van der Waals surface area contributed by atoms with Crippen LogP contribution in [-0.2, 0) is 0 Å². The molecule has 0 aliphatic heterocycles. The summed E-state index contributed by atoms with van der Waals surface area (Å²) >= 11 is 12.1. The SMILES string of the molecule is CNC(=O)c1sc(Cl)nc1Cl. The zero-order chi connectivity index (χ0) is 8.43. The van der Waals surface area contributed by atoms with E-state index in [1.165, 1.54) is 7.05 Å². The summed E-state index contributed by atoms with van der Waals surface area (Å²) in [5.74, 6) is -0.264. The van der Waals surface area contributed by atoms with Gasteiger partial charge in [-0.3, -0.25) is 4.79 Å². The maximum Gasteiger partial charge on any atom is 0.264 e. The van der Waals surface area contributed by atoms with Gasteiger partial charge >= 0.3 is 0 Å². The molecule has 0 aliphatic rings. The molecule has 11 heavy (non-hydrogen) atoms. The molecule has 0 saturated carbocycles. The number of thiazole rings is 1. The lowest BCUT2D eigenvalue weighted by molar-refractivity contribution is 0.0967. The van der Waals surface area contributed by atoms with Gasteiger partial charge in [0.25, 0.3) is 5.91 Å². The van der Waals surface area contributed by atoms with Crippen LogP contribution < -0.4 is 5.32 Å². The minimum absolute atomic E-state index is 0.152. The van der Waals surface area contributed by atoms with Crippen LogP contribution in [-0.4, -0.2) is 17.9 Å². The Kier molecular flexibility index (Phi) is 2.70. The second kappa shape index (κ2) is 3.38. The molecule has 1 aromatic rings. The zero-order valence-corrected chi connectivity index (χ0v) is 7.85. The molecule has 0 spiro atoms. The number of rotatable bonds is 1. The molecule has 1 amide bonds. The predicted octanol–water partition coefficient (Wildman–Crippen LogP) is 1.81. The molecular formula is C5H4Cl2N2OS. The highest BCUT2D eigenvalue weighted by Crippen LogP contribution is 2.25. The number of hydrogen-bond donors (Lipinski definition) is 1. The molecule has 0 atom stereocenters. The molecule has 60 valence electrons. The van der Waals surface area contributed by atoms with E-state index in [1.54, 1.807) is 0 Å². The van der Waals surface area contributed by atoms with Crippen LogP contribution in [0.15, 0.2) is 0 Å². The number of nitrogens with zero attached hydrogens (tertiary/aromatic N) is 1. The van der Waals surface area contributed by atoms with E-state index in [1.807, 2.05) is 0 Å². The Bertz CT molecular complexity index is 286. The van der Waals surface area contributed by atoms with Crippen molar-refractivity contribution >= 4 is 40.4 Å². The summed E-state index contributed by atoms with van der Waals surface area (Å²) in [6.45, 7) is 0. The van der Waals surface area contributed by atoms with Gasteiger partial charge in [0.05, 0.1) is 0 Å². The van der Waals surface area contributed by atoms with Crippen LogP contribution in [0.1, 0.15) is 9.67 Å². The van der Waals surface area contributed by atoms with Gasteiger partial charge in [0.2, 0.25) is 0 Å². The number of carbonyl (C=O) groups is 1. The number of nitrogens with one attached hydrogen (secondary N) is 1. The van der Waals surface area contributed by atoms with Crippen molar-refractivity contribution in [1.29, 1.82) is 0 Å². The highest BCUT2D eigenvalue weighted by Gasteiger charge is 2.13. The van der Waals surface area contributed by atoms with Crippen LogP contribution in [0.2, 0.25) is 9.62 Å². The average Bonchev–Trinajstić information content (AvgIpc) is 2.28. The molecule has 1 heterocycles. The van der Waals surface area contributed by atoms with Gasteiger partial charge in [-0.1, -0.05) is 34.5 Å². The highest BCUT2D eigenvalue weighted by atomic mass is 35.5. The van der Waals surface area contributed by atoms with E-state index in [0.29, 0.717) is 4.88 Å². The van der Waals surface area contributed by atoms with Crippen molar-refractivity contribution in [3.63, 3.8) is 0 Å². The second-order valence-corrected chi connectivity index (χ2v) is 3.61. The Morgan fingerprint density at radius 1 is 1.64 bits per heavy atom. The van der Waals surface area contributed by atoms with Crippen LogP contribution >= 0.6 is 34.5 Å². The fraction of sp³-hybridized carbons (Fsp3) is 0.200. The summed E-state index contributed by atoms with van der Waals surface area (Å²) in [7, 11) is 1.52. The monoisotopic (exact) mass is 210 g/mol. The largest absolute Gasteiger partial charge is 0.354 e. The van der Waals surface area contributed by atoms with Crippen molar-refractivity contribution in [2.45, 2.75) is 0 Å². The zero-order valence-electron chi connectivity index (χ0n) is 5.52. The molecule has 0 bridgehead atoms. The number of amides is 1. The molecule has 0 aromatic carbocycles. The molecule has 0 fully saturated rings. The fourth-order valence-corrected chi connectivity index (χ4v) is 1.86. The molecule has 3 nitrogen and oxygen atoms in total. The number of halogens is 2. The minimum atomic E-state index is -0.264. The lowest BCUT2D eigenvalue weighted by Crippen LogP contribution is -2.16. The third-order valence-electron chi connectivity index (χ3n) is 0.993. The lowest BCUT2D eigenvalue weighted by atomic mass is 10.5. The van der Waals surface area contributed by atoms with Crippen molar-refractivity contribution in [1.82, 2.24) is 10.3 Å². The van der Waals surface area contributed by atoms with Crippen molar-refractivity contribution in [2.75, 3.05) is 7.05 Å². The van der Waals surface area contributed by atoms with Crippen LogP contribution in [0.25, 0.3) is 0 Å². The number of hydrogen-bond acceptors (Lipinski definition) is 3. The van der Waals surface area contributed by atoms with Gasteiger partial charge in [-0.25, -0.2) is 4.98 Å². The molecule has 1 aromatic heterocycles. The van der Waals surface area contributed by atoms with E-state index in [9.17, 15) is 4.79 Å². The summed E-state index contributed by atoms with van der Waals surface area (Å²) in [5.41, 5.74) is 0. The van der Waals surface area contributed by atoms with Crippen molar-refractivity contribution in [3.05, 3.63) is 14.5 Å². The smallest absolute Gasteiger partial charge is 0.264 e. The van der Waals surface area contributed by atoms with Crippen molar-refractivity contribution in [3.8, 4) is 0 Å². The van der Waals surface area contributed by atoms with Gasteiger partial charge in [0, 0.05) is 7.05 Å². The fourth-order valence-electron chi connectivity index (χ4n) is 0.531. The van der Waals surface area contributed by atoms with E-state index in [0.717, 1.165) is 11.3 Å². The number of carbonyl (C=O) groups excluding carboxylic acids is 1. The average molecular weight is 211 g/mol. The van der Waals surface area contributed by atoms with Gasteiger partial charge in [-0.2, -0.15) is 0 Å². The maximum absolute atomic E-state index is 11.0. The third kappa shape index (κ3) is 1.83. The third-order valence-corrected chi connectivity index (χ3v) is 2.54. The summed E-state index contributed by atoms with van der Waals surface area (Å²) in [5, 5.41) is 2.58. The van der Waals surface area contributed by atoms with Gasteiger partial charge < -0.3 is 5.32 Å². The molecule has 1 rings (SSSR count). The summed E-state index contributed by atoms with van der Waals surface area (Å²) in [6.07, 6.45) is 0. The van der Waals surface area contributed by atoms with Gasteiger partial charge in [0.1, 0.15) is 4.88 Å². The Labute approximate surface area is 77.3 Å². The van der Waals surface area contributed by atoms with E-state index in [2.05, 4.69) is 10.3 Å². The summed E-state index contributed by atoms with van der Waals surface area (Å²) < 4.78 is 0.272. The predicted molar refractivity (Wildman–Crippen MR) is 45.5 cm³/mol. The topological polar surface area (TPSA) is 42.0 Å². The first kappa shape index (κ1) is 8.77. The van der Waals surface area contributed by atoms with Crippen LogP contribution in [0.3, 0.4) is 0 Å². The van der Waals surface area contributed by atoms with Gasteiger partial charge in [-0.15, -0.1) is 0 Å². The standard InChI is InChI=1S/C5H4Cl2N2OS/c1-8-4(10)2-3(6)9-5(7)11-2/h1H3,(H,8,10). The highest BCUT2D eigenvalue weighted by molar-refractivity contribution is 7.18. The molecule has 0 aliphatic carbocycles. The second-order valence-electron chi connectivity index (χ2n) is 1.67. The summed E-state index contributed by atoms with van der Waals surface area (Å²) in [4.78, 5) is 15.0. The van der Waals surface area contributed by atoms with Crippen molar-refractivity contribution < 1.29 is 4.79 Å². The lowest BCUT2D eigenvalue weighted by Gasteiger charge is -1.92. The minimum Gasteiger partial charge on any atom is -0.354 e. The van der Waals surface area contributed by atoms with E-state index < -0.39 is 0 Å². The molecule has 0 saturated heterocycles. The Morgan fingerprint density at radius 3 is 2.64 bits per heavy atom. The quantitative estimate of drug-likeness (QED) is 0.769. The normalized spacial score (nSPS) is 9.73. The number of aromatic nitrogens is 1. The summed E-state index contributed by atoms with van der Waals surface area (Å²) in [6, 6.07) is 0. The van der Waals surface area contributed by atoms with Crippen LogP contribution in [0.5, 0.6) is 0 Å². The Balaban J connectivity index is 3.03. The molecule has 0 radical (unpaired) electrons. The maximum atomic E-state index is 11.0. The first-order valence-electron chi connectivity index (χ1n) is 2.69. The molecule has 1 N–H and O–H groups in total. The van der Waals surface area contributed by atoms with Gasteiger partial charge in [-0.05, 0) is 0 Å². The first-order chi connectivity index (χ1) is 5.15. The van der Waals surface area contributed by atoms with Gasteiger partial charge in [0.15, 0.2) is 9.62 Å². The molecule has 0 unspecified atom stereocenters. The van der Waals surface area contributed by atoms with Crippen molar-refractivity contribution in [2.24, 2.45) is 0 Å². The van der Waals surface area contributed by atoms with Crippen LogP contribution in [0.4, 0.5) is 0 Å². The molecular weight excluding hydrogens is 207 g/mol. The van der Waals surface area contributed by atoms with E-state index in [4.69, 9.17) is 23.2 Å². The first-order valence-corrected chi connectivity index (χ1v) is 4.26. The molecule has 6 heteroatoms. The van der Waals surface area contributed by atoms with E-state index in [-0.39, 0.29) is 15.5 Å².